The van der Waals surface area contributed by atoms with E-state index in [0.717, 1.165) is 17.4 Å². The first kappa shape index (κ1) is 13.3. The van der Waals surface area contributed by atoms with Crippen molar-refractivity contribution >= 4 is 0 Å². The summed E-state index contributed by atoms with van der Waals surface area (Å²) in [6.45, 7) is 1.57. The zero-order valence-electron chi connectivity index (χ0n) is 10.4. The van der Waals surface area contributed by atoms with Gasteiger partial charge in [0.15, 0.2) is 0 Å². The summed E-state index contributed by atoms with van der Waals surface area (Å²) in [5, 5.41) is 8.81. The summed E-state index contributed by atoms with van der Waals surface area (Å²) in [6.07, 6.45) is 1.16. The fraction of sp³-hybridized carbons (Fsp3) is 0.214. The van der Waals surface area contributed by atoms with E-state index in [0.29, 0.717) is 0 Å². The van der Waals surface area contributed by atoms with Gasteiger partial charge in [0.2, 0.25) is 11.2 Å². The molecule has 0 unspecified atom stereocenters. The molecule has 1 aromatic carbocycles. The zero-order chi connectivity index (χ0) is 13.8. The summed E-state index contributed by atoms with van der Waals surface area (Å²) in [5.74, 6) is -0.0794. The van der Waals surface area contributed by atoms with E-state index in [9.17, 15) is 9.18 Å². The Bertz CT molecular complexity index is 634. The van der Waals surface area contributed by atoms with E-state index in [1.807, 2.05) is 0 Å². The minimum atomic E-state index is -0.366. The van der Waals surface area contributed by atoms with Crippen molar-refractivity contribution in [1.29, 1.82) is 0 Å². The highest BCUT2D eigenvalue weighted by atomic mass is 19.1. The summed E-state index contributed by atoms with van der Waals surface area (Å²) in [6, 6.07) is 5.51. The Balaban J connectivity index is 2.12. The van der Waals surface area contributed by atoms with Gasteiger partial charge in [0.25, 0.3) is 0 Å². The highest BCUT2D eigenvalue weighted by Gasteiger charge is 2.06. The zero-order valence-corrected chi connectivity index (χ0v) is 10.4. The molecule has 5 heteroatoms. The van der Waals surface area contributed by atoms with Gasteiger partial charge in [-0.15, -0.1) is 0 Å². The number of aliphatic hydroxyl groups excluding tert-OH is 1. The van der Waals surface area contributed by atoms with E-state index < -0.39 is 0 Å². The number of aliphatic hydroxyl groups is 1. The van der Waals surface area contributed by atoms with Gasteiger partial charge in [0, 0.05) is 6.07 Å². The third-order valence-electron chi connectivity index (χ3n) is 2.70. The third-order valence-corrected chi connectivity index (χ3v) is 2.70. The largest absolute Gasteiger partial charge is 0.482 e. The SMILES string of the molecule is Cc1cc(F)ccc1COc1coc(CO)cc1=O. The molecule has 0 fully saturated rings. The van der Waals surface area contributed by atoms with E-state index >= 15 is 0 Å². The molecule has 0 bridgehead atoms. The Morgan fingerprint density at radius 3 is 2.79 bits per heavy atom. The van der Waals surface area contributed by atoms with Crippen LogP contribution in [0.5, 0.6) is 5.75 Å². The molecule has 1 N–H and O–H groups in total. The topological polar surface area (TPSA) is 59.7 Å². The molecule has 0 aliphatic carbocycles. The summed E-state index contributed by atoms with van der Waals surface area (Å²) in [7, 11) is 0. The Kier molecular flexibility index (Phi) is 3.97. The monoisotopic (exact) mass is 264 g/mol. The Morgan fingerprint density at radius 2 is 2.16 bits per heavy atom. The second-order valence-electron chi connectivity index (χ2n) is 4.09. The molecule has 0 saturated carbocycles. The second-order valence-corrected chi connectivity index (χ2v) is 4.09. The molecule has 0 spiro atoms. The fourth-order valence-corrected chi connectivity index (χ4v) is 1.60. The Morgan fingerprint density at radius 1 is 1.37 bits per heavy atom. The lowest BCUT2D eigenvalue weighted by Crippen LogP contribution is -2.08. The number of hydrogen-bond acceptors (Lipinski definition) is 4. The van der Waals surface area contributed by atoms with E-state index in [1.165, 1.54) is 18.2 Å². The van der Waals surface area contributed by atoms with Crippen LogP contribution in [-0.4, -0.2) is 5.11 Å². The normalized spacial score (nSPS) is 10.5. The van der Waals surface area contributed by atoms with Gasteiger partial charge in [0.05, 0.1) is 0 Å². The van der Waals surface area contributed by atoms with Crippen LogP contribution in [0.3, 0.4) is 0 Å². The molecule has 0 radical (unpaired) electrons. The predicted octanol–water partition coefficient (Wildman–Crippen LogP) is 2.16. The number of rotatable bonds is 4. The number of ether oxygens (including phenoxy) is 1. The van der Waals surface area contributed by atoms with Crippen LogP contribution in [0.15, 0.2) is 39.7 Å². The molecule has 0 amide bonds. The van der Waals surface area contributed by atoms with Gasteiger partial charge in [-0.25, -0.2) is 4.39 Å². The van der Waals surface area contributed by atoms with Crippen molar-refractivity contribution in [2.45, 2.75) is 20.1 Å². The summed E-state index contributed by atoms with van der Waals surface area (Å²) >= 11 is 0. The molecular formula is C14H13FO4. The van der Waals surface area contributed by atoms with Crippen LogP contribution in [0.1, 0.15) is 16.9 Å². The average Bonchev–Trinajstić information content (AvgIpc) is 2.39. The van der Waals surface area contributed by atoms with Gasteiger partial charge in [-0.3, -0.25) is 4.79 Å². The van der Waals surface area contributed by atoms with Crippen molar-refractivity contribution in [2.75, 3.05) is 0 Å². The molecule has 4 nitrogen and oxygen atoms in total. The lowest BCUT2D eigenvalue weighted by Gasteiger charge is -2.08. The summed E-state index contributed by atoms with van der Waals surface area (Å²) in [4.78, 5) is 11.6. The fourth-order valence-electron chi connectivity index (χ4n) is 1.60. The molecule has 0 atom stereocenters. The predicted molar refractivity (Wildman–Crippen MR) is 66.4 cm³/mol. The van der Waals surface area contributed by atoms with Gasteiger partial charge < -0.3 is 14.3 Å². The number of hydrogen-bond donors (Lipinski definition) is 1. The van der Waals surface area contributed by atoms with E-state index in [2.05, 4.69) is 0 Å². The molecule has 19 heavy (non-hydrogen) atoms. The number of halogens is 1. The van der Waals surface area contributed by atoms with Gasteiger partial charge in [-0.05, 0) is 30.2 Å². The summed E-state index contributed by atoms with van der Waals surface area (Å²) < 4.78 is 23.3. The van der Waals surface area contributed by atoms with E-state index in [1.54, 1.807) is 13.0 Å². The van der Waals surface area contributed by atoms with Crippen LogP contribution in [0, 0.1) is 12.7 Å². The van der Waals surface area contributed by atoms with Gasteiger partial charge in [0.1, 0.15) is 31.1 Å². The molecule has 0 aliphatic heterocycles. The average molecular weight is 264 g/mol. The highest BCUT2D eigenvalue weighted by Crippen LogP contribution is 2.13. The first-order chi connectivity index (χ1) is 9.10. The summed E-state index contributed by atoms with van der Waals surface area (Å²) in [5.41, 5.74) is 1.17. The van der Waals surface area contributed by atoms with Crippen molar-refractivity contribution in [2.24, 2.45) is 0 Å². The lowest BCUT2D eigenvalue weighted by molar-refractivity contribution is 0.236. The number of aryl methyl sites for hydroxylation is 1. The van der Waals surface area contributed by atoms with Crippen molar-refractivity contribution in [1.82, 2.24) is 0 Å². The van der Waals surface area contributed by atoms with Crippen molar-refractivity contribution in [3.05, 3.63) is 63.5 Å². The Labute approximate surface area is 109 Å². The molecule has 2 rings (SSSR count). The van der Waals surface area contributed by atoms with E-state index in [4.69, 9.17) is 14.3 Å². The molecule has 0 saturated heterocycles. The van der Waals surface area contributed by atoms with Crippen molar-refractivity contribution < 1.29 is 18.7 Å². The van der Waals surface area contributed by atoms with Gasteiger partial charge >= 0.3 is 0 Å². The van der Waals surface area contributed by atoms with Crippen molar-refractivity contribution in [3.63, 3.8) is 0 Å². The van der Waals surface area contributed by atoms with Gasteiger partial charge in [-0.2, -0.15) is 0 Å². The highest BCUT2D eigenvalue weighted by molar-refractivity contribution is 5.27. The molecule has 2 aromatic rings. The first-order valence-corrected chi connectivity index (χ1v) is 5.70. The van der Waals surface area contributed by atoms with Crippen LogP contribution in [0.2, 0.25) is 0 Å². The van der Waals surface area contributed by atoms with E-state index in [-0.39, 0.29) is 36.0 Å². The van der Waals surface area contributed by atoms with Crippen molar-refractivity contribution in [3.8, 4) is 5.75 Å². The standard InChI is InChI=1S/C14H13FO4/c1-9-4-11(15)3-2-10(9)7-19-14-8-18-12(6-16)5-13(14)17/h2-5,8,16H,6-7H2,1H3. The van der Waals surface area contributed by atoms with Crippen LogP contribution < -0.4 is 10.2 Å². The second kappa shape index (κ2) is 5.67. The molecule has 1 heterocycles. The minimum Gasteiger partial charge on any atom is -0.482 e. The molecule has 100 valence electrons. The van der Waals surface area contributed by atoms with Crippen LogP contribution in [0.25, 0.3) is 0 Å². The van der Waals surface area contributed by atoms with Crippen LogP contribution >= 0.6 is 0 Å². The van der Waals surface area contributed by atoms with Gasteiger partial charge in [-0.1, -0.05) is 6.07 Å². The molecule has 1 aromatic heterocycles. The minimum absolute atomic E-state index is 0.0564. The first-order valence-electron chi connectivity index (χ1n) is 5.70. The maximum Gasteiger partial charge on any atom is 0.227 e. The maximum absolute atomic E-state index is 12.9. The van der Waals surface area contributed by atoms with Crippen LogP contribution in [0.4, 0.5) is 4.39 Å². The van der Waals surface area contributed by atoms with Crippen LogP contribution in [-0.2, 0) is 13.2 Å². The smallest absolute Gasteiger partial charge is 0.227 e. The quantitative estimate of drug-likeness (QED) is 0.919. The third kappa shape index (κ3) is 3.20. The maximum atomic E-state index is 12.9. The Hall–Kier alpha value is -2.14. The lowest BCUT2D eigenvalue weighted by atomic mass is 10.1. The molecular weight excluding hydrogens is 251 g/mol. The number of benzene rings is 1. The molecule has 0 aliphatic rings.